The van der Waals surface area contributed by atoms with Gasteiger partial charge in [-0.1, -0.05) is 55.5 Å². The zero-order valence-corrected chi connectivity index (χ0v) is 14.8. The van der Waals surface area contributed by atoms with Gasteiger partial charge in [-0.2, -0.15) is 5.26 Å². The Morgan fingerprint density at radius 1 is 1.08 bits per heavy atom. The Bertz CT molecular complexity index is 939. The number of hydrogen-bond donors (Lipinski definition) is 0. The second-order valence-corrected chi connectivity index (χ2v) is 6.60. The number of aryl methyl sites for hydroxylation is 1. The fourth-order valence-electron chi connectivity index (χ4n) is 3.65. The molecule has 0 bridgehead atoms. The first-order valence-electron chi connectivity index (χ1n) is 9.05. The van der Waals surface area contributed by atoms with Crippen LogP contribution >= 0.6 is 0 Å². The zero-order chi connectivity index (χ0) is 17.9. The number of benzene rings is 2. The van der Waals surface area contributed by atoms with E-state index in [9.17, 15) is 5.26 Å². The lowest BCUT2D eigenvalue weighted by atomic mass is 9.99. The van der Waals surface area contributed by atoms with Crippen LogP contribution in [-0.4, -0.2) is 28.1 Å². The molecule has 5 heteroatoms. The number of nitriles is 1. The van der Waals surface area contributed by atoms with Crippen LogP contribution in [0.5, 0.6) is 0 Å². The molecule has 1 aliphatic rings. The van der Waals surface area contributed by atoms with Gasteiger partial charge in [-0.05, 0) is 30.0 Å². The molecular formula is C21H21N5. The van der Waals surface area contributed by atoms with Crippen molar-refractivity contribution in [1.29, 1.82) is 5.26 Å². The van der Waals surface area contributed by atoms with E-state index in [2.05, 4.69) is 58.4 Å². The third kappa shape index (κ3) is 2.95. The predicted octanol–water partition coefficient (Wildman–Crippen LogP) is 3.70. The van der Waals surface area contributed by atoms with Gasteiger partial charge in [-0.25, -0.2) is 0 Å². The smallest absolute Gasteiger partial charge is 0.207 e. The second-order valence-electron chi connectivity index (χ2n) is 6.60. The van der Waals surface area contributed by atoms with Gasteiger partial charge in [0.15, 0.2) is 5.82 Å². The first kappa shape index (κ1) is 16.3. The molecule has 0 radical (unpaired) electrons. The van der Waals surface area contributed by atoms with E-state index >= 15 is 0 Å². The molecule has 1 aliphatic heterocycles. The lowest BCUT2D eigenvalue weighted by Gasteiger charge is -2.15. The van der Waals surface area contributed by atoms with Crippen LogP contribution in [0.1, 0.15) is 36.1 Å². The molecule has 130 valence electrons. The Kier molecular flexibility index (Phi) is 4.40. The topological polar surface area (TPSA) is 57.7 Å². The molecule has 1 saturated heterocycles. The van der Waals surface area contributed by atoms with E-state index in [-0.39, 0.29) is 0 Å². The maximum Gasteiger partial charge on any atom is 0.207 e. The molecule has 5 nitrogen and oxygen atoms in total. The highest BCUT2D eigenvalue weighted by molar-refractivity contribution is 5.52. The largest absolute Gasteiger partial charge is 0.352 e. The summed E-state index contributed by atoms with van der Waals surface area (Å²) in [4.78, 5) is 3.80. The van der Waals surface area contributed by atoms with Gasteiger partial charge in [0.25, 0.3) is 0 Å². The Labute approximate surface area is 153 Å². The summed E-state index contributed by atoms with van der Waals surface area (Å²) in [7, 11) is 0. The second kappa shape index (κ2) is 7.01. The van der Waals surface area contributed by atoms with Crippen molar-refractivity contribution in [3.8, 4) is 11.8 Å². The molecule has 2 heterocycles. The molecule has 0 spiro atoms. The van der Waals surface area contributed by atoms with E-state index in [1.54, 1.807) is 4.80 Å². The van der Waals surface area contributed by atoms with Gasteiger partial charge in [-0.3, -0.25) is 0 Å². The average Bonchev–Trinajstić information content (AvgIpc) is 3.35. The number of hydrogen-bond acceptors (Lipinski definition) is 4. The summed E-state index contributed by atoms with van der Waals surface area (Å²) in [6.07, 6.45) is 1.96. The molecule has 26 heavy (non-hydrogen) atoms. The van der Waals surface area contributed by atoms with Crippen LogP contribution in [0.25, 0.3) is 5.69 Å². The molecule has 0 amide bonds. The molecule has 3 aromatic rings. The summed E-state index contributed by atoms with van der Waals surface area (Å²) >= 11 is 0. The van der Waals surface area contributed by atoms with E-state index in [4.69, 9.17) is 0 Å². The van der Waals surface area contributed by atoms with E-state index in [1.165, 1.54) is 11.1 Å². The fourth-order valence-corrected chi connectivity index (χ4v) is 3.65. The third-order valence-corrected chi connectivity index (χ3v) is 5.05. The SMILES string of the molecule is CCc1ccccc1-n1nc(C#N)c(N2CCC(c3ccccc3)C2)n1. The molecule has 0 aliphatic carbocycles. The normalized spacial score (nSPS) is 16.6. The minimum absolute atomic E-state index is 0.393. The average molecular weight is 343 g/mol. The number of para-hydroxylation sites is 1. The molecular weight excluding hydrogens is 322 g/mol. The van der Waals surface area contributed by atoms with Gasteiger partial charge < -0.3 is 4.90 Å². The third-order valence-electron chi connectivity index (χ3n) is 5.05. The van der Waals surface area contributed by atoms with Crippen molar-refractivity contribution in [3.63, 3.8) is 0 Å². The van der Waals surface area contributed by atoms with E-state index in [0.717, 1.165) is 31.6 Å². The standard InChI is InChI=1S/C21H21N5/c1-2-16-8-6-7-11-20(16)26-23-19(14-22)21(24-26)25-13-12-18(15-25)17-9-4-3-5-10-17/h3-11,18H,2,12-13,15H2,1H3. The summed E-state index contributed by atoms with van der Waals surface area (Å²) < 4.78 is 0. The molecule has 0 N–H and O–H groups in total. The molecule has 0 saturated carbocycles. The van der Waals surface area contributed by atoms with Crippen molar-refractivity contribution in [2.24, 2.45) is 0 Å². The van der Waals surface area contributed by atoms with Gasteiger partial charge in [0, 0.05) is 19.0 Å². The molecule has 1 aromatic heterocycles. The highest BCUT2D eigenvalue weighted by Crippen LogP contribution is 2.31. The van der Waals surface area contributed by atoms with Gasteiger partial charge in [0.1, 0.15) is 6.07 Å². The Balaban J connectivity index is 1.64. The summed E-state index contributed by atoms with van der Waals surface area (Å²) in [6.45, 7) is 3.87. The first-order valence-corrected chi connectivity index (χ1v) is 9.05. The van der Waals surface area contributed by atoms with E-state index in [0.29, 0.717) is 17.4 Å². The predicted molar refractivity (Wildman–Crippen MR) is 101 cm³/mol. The maximum absolute atomic E-state index is 9.56. The Morgan fingerprint density at radius 3 is 2.62 bits per heavy atom. The molecule has 2 aromatic carbocycles. The monoisotopic (exact) mass is 343 g/mol. The van der Waals surface area contributed by atoms with Crippen LogP contribution in [0, 0.1) is 11.3 Å². The fraction of sp³-hybridized carbons (Fsp3) is 0.286. The summed E-state index contributed by atoms with van der Waals surface area (Å²) in [5, 5.41) is 18.7. The molecule has 1 atom stereocenters. The van der Waals surface area contributed by atoms with Crippen molar-refractivity contribution in [2.75, 3.05) is 18.0 Å². The Morgan fingerprint density at radius 2 is 1.85 bits per heavy atom. The van der Waals surface area contributed by atoms with Gasteiger partial charge in [0.2, 0.25) is 5.69 Å². The van der Waals surface area contributed by atoms with Crippen LogP contribution in [-0.2, 0) is 6.42 Å². The number of aromatic nitrogens is 3. The van der Waals surface area contributed by atoms with Crippen molar-refractivity contribution >= 4 is 5.82 Å². The summed E-state index contributed by atoms with van der Waals surface area (Å²) in [6, 6.07) is 20.8. The lowest BCUT2D eigenvalue weighted by Crippen LogP contribution is -2.21. The zero-order valence-electron chi connectivity index (χ0n) is 14.8. The van der Waals surface area contributed by atoms with Crippen LogP contribution in [0.4, 0.5) is 5.82 Å². The minimum Gasteiger partial charge on any atom is -0.352 e. The van der Waals surface area contributed by atoms with Crippen LogP contribution in [0.3, 0.4) is 0 Å². The van der Waals surface area contributed by atoms with Crippen molar-refractivity contribution < 1.29 is 0 Å². The van der Waals surface area contributed by atoms with Gasteiger partial charge in [-0.15, -0.1) is 15.0 Å². The van der Waals surface area contributed by atoms with E-state index < -0.39 is 0 Å². The van der Waals surface area contributed by atoms with Crippen LogP contribution < -0.4 is 4.90 Å². The van der Waals surface area contributed by atoms with Gasteiger partial charge in [0.05, 0.1) is 5.69 Å². The minimum atomic E-state index is 0.393. The van der Waals surface area contributed by atoms with Crippen molar-refractivity contribution in [2.45, 2.75) is 25.7 Å². The molecule has 1 fully saturated rings. The highest BCUT2D eigenvalue weighted by Gasteiger charge is 2.28. The molecule has 1 unspecified atom stereocenters. The van der Waals surface area contributed by atoms with Gasteiger partial charge >= 0.3 is 0 Å². The number of rotatable bonds is 4. The number of nitrogens with zero attached hydrogens (tertiary/aromatic N) is 5. The summed E-state index contributed by atoms with van der Waals surface area (Å²) in [5.41, 5.74) is 3.85. The summed E-state index contributed by atoms with van der Waals surface area (Å²) in [5.74, 6) is 1.16. The lowest BCUT2D eigenvalue weighted by molar-refractivity contribution is 0.733. The van der Waals surface area contributed by atoms with Crippen LogP contribution in [0.15, 0.2) is 54.6 Å². The quantitative estimate of drug-likeness (QED) is 0.725. The number of anilines is 1. The van der Waals surface area contributed by atoms with Crippen LogP contribution in [0.2, 0.25) is 0 Å². The van der Waals surface area contributed by atoms with E-state index in [1.807, 2.05) is 24.3 Å². The highest BCUT2D eigenvalue weighted by atomic mass is 15.5. The van der Waals surface area contributed by atoms with Crippen molar-refractivity contribution in [1.82, 2.24) is 15.0 Å². The van der Waals surface area contributed by atoms with Crippen molar-refractivity contribution in [3.05, 3.63) is 71.4 Å². The maximum atomic E-state index is 9.56. The Hall–Kier alpha value is -3.13. The first-order chi connectivity index (χ1) is 12.8. The molecule has 4 rings (SSSR count).